The van der Waals surface area contributed by atoms with E-state index < -0.39 is 31.2 Å². The van der Waals surface area contributed by atoms with Crippen LogP contribution in [0, 0.1) is 11.8 Å². The molecule has 1 aliphatic heterocycles. The van der Waals surface area contributed by atoms with Crippen molar-refractivity contribution in [2.45, 2.75) is 57.8 Å². The highest BCUT2D eigenvalue weighted by Crippen LogP contribution is 2.38. The van der Waals surface area contributed by atoms with Crippen molar-refractivity contribution >= 4 is 11.8 Å². The molecule has 0 aromatic carbocycles. The molecule has 1 saturated carbocycles. The van der Waals surface area contributed by atoms with Gasteiger partial charge in [0.25, 0.3) is 0 Å². The quantitative estimate of drug-likeness (QED) is 0.845. The molecular formula is C14H21F3N2O2. The maximum absolute atomic E-state index is 12.5. The standard InChI is InChI=1S/C14H21F3N2O2/c1-3-8(2)10-13(21)19(7-6-14(15,16)17)11(9-4-5-9)12(20)18-10/h8-11H,3-7H2,1-2H3,(H,18,20). The second-order valence-corrected chi connectivity index (χ2v) is 6.05. The molecule has 4 nitrogen and oxygen atoms in total. The minimum Gasteiger partial charge on any atom is -0.342 e. The lowest BCUT2D eigenvalue weighted by atomic mass is 9.93. The van der Waals surface area contributed by atoms with Gasteiger partial charge in [-0.1, -0.05) is 20.3 Å². The van der Waals surface area contributed by atoms with Crippen molar-refractivity contribution in [2.75, 3.05) is 6.54 Å². The summed E-state index contributed by atoms with van der Waals surface area (Å²) in [7, 11) is 0. The van der Waals surface area contributed by atoms with E-state index >= 15 is 0 Å². The van der Waals surface area contributed by atoms with Crippen LogP contribution in [0.2, 0.25) is 0 Å². The van der Waals surface area contributed by atoms with Crippen LogP contribution >= 0.6 is 0 Å². The average Bonchev–Trinajstić information content (AvgIpc) is 3.21. The van der Waals surface area contributed by atoms with Gasteiger partial charge in [-0.25, -0.2) is 0 Å². The molecule has 120 valence electrons. The first-order valence-corrected chi connectivity index (χ1v) is 7.42. The lowest BCUT2D eigenvalue weighted by Gasteiger charge is -2.41. The van der Waals surface area contributed by atoms with Crippen molar-refractivity contribution in [1.82, 2.24) is 10.2 Å². The van der Waals surface area contributed by atoms with Crippen LogP contribution in [0.1, 0.15) is 39.5 Å². The van der Waals surface area contributed by atoms with Crippen LogP contribution < -0.4 is 5.32 Å². The summed E-state index contributed by atoms with van der Waals surface area (Å²) in [6.45, 7) is 3.28. The Morgan fingerprint density at radius 2 is 1.95 bits per heavy atom. The van der Waals surface area contributed by atoms with E-state index in [4.69, 9.17) is 0 Å². The zero-order valence-electron chi connectivity index (χ0n) is 12.2. The molecule has 1 N–H and O–H groups in total. The van der Waals surface area contributed by atoms with Gasteiger partial charge in [0.05, 0.1) is 6.42 Å². The highest BCUT2D eigenvalue weighted by atomic mass is 19.4. The van der Waals surface area contributed by atoms with E-state index in [1.165, 1.54) is 4.90 Å². The number of carbonyl (C=O) groups excluding carboxylic acids is 2. The van der Waals surface area contributed by atoms with E-state index in [2.05, 4.69) is 5.32 Å². The average molecular weight is 306 g/mol. The van der Waals surface area contributed by atoms with E-state index in [1.807, 2.05) is 13.8 Å². The Kier molecular flexibility index (Phi) is 4.49. The Morgan fingerprint density at radius 1 is 1.33 bits per heavy atom. The van der Waals surface area contributed by atoms with Crippen molar-refractivity contribution in [3.05, 3.63) is 0 Å². The van der Waals surface area contributed by atoms with Gasteiger partial charge in [-0.15, -0.1) is 0 Å². The van der Waals surface area contributed by atoms with Crippen molar-refractivity contribution in [1.29, 1.82) is 0 Å². The molecule has 1 saturated heterocycles. The summed E-state index contributed by atoms with van der Waals surface area (Å²) in [4.78, 5) is 25.8. The van der Waals surface area contributed by atoms with Gasteiger partial charge in [-0.2, -0.15) is 13.2 Å². The maximum Gasteiger partial charge on any atom is 0.390 e. The van der Waals surface area contributed by atoms with Crippen LogP contribution in [0.3, 0.4) is 0 Å². The van der Waals surface area contributed by atoms with E-state index in [0.717, 1.165) is 12.8 Å². The molecule has 1 heterocycles. The third-order valence-electron chi connectivity index (χ3n) is 4.37. The SMILES string of the molecule is CCC(C)C1NC(=O)C(C2CC2)N(CCC(F)(F)F)C1=O. The second kappa shape index (κ2) is 5.85. The van der Waals surface area contributed by atoms with E-state index in [0.29, 0.717) is 6.42 Å². The molecule has 0 bridgehead atoms. The summed E-state index contributed by atoms with van der Waals surface area (Å²) in [5.74, 6) is -0.746. The largest absolute Gasteiger partial charge is 0.390 e. The number of hydrogen-bond donors (Lipinski definition) is 1. The highest BCUT2D eigenvalue weighted by molar-refractivity contribution is 5.97. The molecule has 0 aromatic rings. The summed E-state index contributed by atoms with van der Waals surface area (Å²) in [6.07, 6.45) is -3.13. The molecular weight excluding hydrogens is 285 g/mol. The summed E-state index contributed by atoms with van der Waals surface area (Å²) < 4.78 is 37.4. The fraction of sp³-hybridized carbons (Fsp3) is 0.857. The Bertz CT molecular complexity index is 421. The number of hydrogen-bond acceptors (Lipinski definition) is 2. The maximum atomic E-state index is 12.5. The van der Waals surface area contributed by atoms with Gasteiger partial charge >= 0.3 is 6.18 Å². The van der Waals surface area contributed by atoms with Crippen molar-refractivity contribution in [3.63, 3.8) is 0 Å². The summed E-state index contributed by atoms with van der Waals surface area (Å²) >= 11 is 0. The van der Waals surface area contributed by atoms with Gasteiger partial charge in [0.1, 0.15) is 12.1 Å². The van der Waals surface area contributed by atoms with E-state index in [1.54, 1.807) is 0 Å². The lowest BCUT2D eigenvalue weighted by Crippen LogP contribution is -2.65. The van der Waals surface area contributed by atoms with E-state index in [-0.39, 0.29) is 23.7 Å². The molecule has 0 radical (unpaired) electrons. The predicted octanol–water partition coefficient (Wildman–Crippen LogP) is 2.09. The van der Waals surface area contributed by atoms with Crippen LogP contribution in [0.5, 0.6) is 0 Å². The smallest absolute Gasteiger partial charge is 0.342 e. The van der Waals surface area contributed by atoms with Crippen LogP contribution in [0.25, 0.3) is 0 Å². The normalized spacial score (nSPS) is 28.5. The van der Waals surface area contributed by atoms with Crippen LogP contribution in [0.15, 0.2) is 0 Å². The number of halogens is 3. The van der Waals surface area contributed by atoms with Gasteiger partial charge in [-0.05, 0) is 24.7 Å². The molecule has 2 amide bonds. The molecule has 2 rings (SSSR count). The molecule has 7 heteroatoms. The molecule has 0 aromatic heterocycles. The van der Waals surface area contributed by atoms with Gasteiger partial charge in [0.15, 0.2) is 0 Å². The molecule has 1 aliphatic carbocycles. The van der Waals surface area contributed by atoms with Crippen molar-refractivity contribution in [2.24, 2.45) is 11.8 Å². The van der Waals surface area contributed by atoms with E-state index in [9.17, 15) is 22.8 Å². The minimum atomic E-state index is -4.33. The molecule has 2 fully saturated rings. The van der Waals surface area contributed by atoms with Gasteiger partial charge < -0.3 is 10.2 Å². The molecule has 21 heavy (non-hydrogen) atoms. The number of nitrogens with zero attached hydrogens (tertiary/aromatic N) is 1. The molecule has 3 unspecified atom stereocenters. The summed E-state index contributed by atoms with van der Waals surface area (Å²) in [5, 5.41) is 2.70. The first-order chi connectivity index (χ1) is 9.74. The first kappa shape index (κ1) is 16.1. The lowest BCUT2D eigenvalue weighted by molar-refractivity contribution is -0.160. The van der Waals surface area contributed by atoms with Crippen LogP contribution in [0.4, 0.5) is 13.2 Å². The Hall–Kier alpha value is -1.27. The topological polar surface area (TPSA) is 49.4 Å². The predicted molar refractivity (Wildman–Crippen MR) is 70.3 cm³/mol. The number of alkyl halides is 3. The second-order valence-electron chi connectivity index (χ2n) is 6.05. The fourth-order valence-corrected chi connectivity index (χ4v) is 2.76. The number of rotatable bonds is 5. The third kappa shape index (κ3) is 3.68. The third-order valence-corrected chi connectivity index (χ3v) is 4.37. The van der Waals surface area contributed by atoms with Crippen molar-refractivity contribution < 1.29 is 22.8 Å². The number of carbonyl (C=O) groups is 2. The summed E-state index contributed by atoms with van der Waals surface area (Å²) in [5.41, 5.74) is 0. The van der Waals surface area contributed by atoms with Crippen LogP contribution in [-0.2, 0) is 9.59 Å². The number of amides is 2. The van der Waals surface area contributed by atoms with Gasteiger partial charge in [-0.3, -0.25) is 9.59 Å². The van der Waals surface area contributed by atoms with Gasteiger partial charge in [0.2, 0.25) is 11.8 Å². The highest BCUT2D eigenvalue weighted by Gasteiger charge is 2.49. The monoisotopic (exact) mass is 306 g/mol. The van der Waals surface area contributed by atoms with Crippen molar-refractivity contribution in [3.8, 4) is 0 Å². The molecule has 0 spiro atoms. The Balaban J connectivity index is 2.16. The number of piperazine rings is 1. The fourth-order valence-electron chi connectivity index (χ4n) is 2.76. The molecule has 3 atom stereocenters. The zero-order chi connectivity index (χ0) is 15.8. The van der Waals surface area contributed by atoms with Gasteiger partial charge in [0, 0.05) is 6.54 Å². The minimum absolute atomic E-state index is 0.0140. The number of nitrogens with one attached hydrogen (secondary N) is 1. The summed E-state index contributed by atoms with van der Waals surface area (Å²) in [6, 6.07) is -1.43. The zero-order valence-corrected chi connectivity index (χ0v) is 12.2. The Labute approximate surface area is 122 Å². The first-order valence-electron chi connectivity index (χ1n) is 7.42. The molecule has 2 aliphatic rings. The Morgan fingerprint density at radius 3 is 2.43 bits per heavy atom. The van der Waals surface area contributed by atoms with Crippen LogP contribution in [-0.4, -0.2) is 41.5 Å².